The highest BCUT2D eigenvalue weighted by molar-refractivity contribution is 6.89. The third kappa shape index (κ3) is 4.39. The Morgan fingerprint density at radius 1 is 0.852 bits per heavy atom. The van der Waals surface area contributed by atoms with Gasteiger partial charge in [0, 0.05) is 20.4 Å². The second-order valence-electron chi connectivity index (χ2n) is 8.43. The Kier molecular flexibility index (Phi) is 4.90. The Morgan fingerprint density at radius 2 is 1.48 bits per heavy atom. The molecule has 0 amide bonds. The molecular weight excluding hydrogens is 342 g/mol. The number of benzene rings is 2. The van der Waals surface area contributed by atoms with Gasteiger partial charge in [-0.15, -0.1) is 0 Å². The lowest BCUT2D eigenvalue weighted by Crippen LogP contribution is -2.41. The third-order valence-electron chi connectivity index (χ3n) is 5.08. The second-order valence-corrected chi connectivity index (χ2v) is 13.5. The predicted octanol–water partition coefficient (Wildman–Crippen LogP) is 6.57. The van der Waals surface area contributed by atoms with E-state index in [9.17, 15) is 1.37 Å². The summed E-state index contributed by atoms with van der Waals surface area (Å²) in [6.45, 7) is 12.7. The minimum atomic E-state index is -1.69. The van der Waals surface area contributed by atoms with Crippen molar-refractivity contribution in [3.05, 3.63) is 83.6 Å². The fraction of sp³-hybridized carbons (Fsp3) is 0.320. The number of hydrogen-bond donors (Lipinski definition) is 0. The normalized spacial score (nSPS) is 15.6. The predicted molar refractivity (Wildman–Crippen MR) is 121 cm³/mol. The molecule has 0 bridgehead atoms. The van der Waals surface area contributed by atoms with E-state index in [0.29, 0.717) is 0 Å². The Morgan fingerprint density at radius 3 is 2.04 bits per heavy atom. The van der Waals surface area contributed by atoms with E-state index in [-0.39, 0.29) is 0 Å². The molecule has 0 saturated heterocycles. The molecule has 2 heteroatoms. The molecule has 0 radical (unpaired) electrons. The maximum absolute atomic E-state index is 9.27. The monoisotopic (exact) mass is 375 g/mol. The van der Waals surface area contributed by atoms with Crippen molar-refractivity contribution in [2.45, 2.75) is 52.2 Å². The van der Waals surface area contributed by atoms with E-state index in [1.807, 2.05) is 81.6 Å². The average molecular weight is 376 g/mol. The number of hydrogen-bond acceptors (Lipinski definition) is 1. The zero-order valence-corrected chi connectivity index (χ0v) is 18.3. The van der Waals surface area contributed by atoms with Crippen LogP contribution in [0.15, 0.2) is 66.9 Å². The zero-order chi connectivity index (χ0) is 21.4. The van der Waals surface area contributed by atoms with Crippen LogP contribution in [0.5, 0.6) is 0 Å². The summed E-state index contributed by atoms with van der Waals surface area (Å²) < 4.78 is 17.5. The minimum Gasteiger partial charge on any atom is -0.256 e. The fourth-order valence-electron chi connectivity index (χ4n) is 3.34. The molecule has 0 fully saturated rings. The lowest BCUT2D eigenvalue weighted by atomic mass is 9.92. The van der Waals surface area contributed by atoms with Crippen molar-refractivity contribution in [3.8, 4) is 11.3 Å². The van der Waals surface area contributed by atoms with Crippen LogP contribution in [0.1, 0.15) is 52.0 Å². The lowest BCUT2D eigenvalue weighted by molar-refractivity contribution is 0.867. The Labute approximate surface area is 168 Å². The molecule has 3 rings (SSSR count). The molecule has 0 N–H and O–H groups in total. The molecule has 27 heavy (non-hydrogen) atoms. The minimum absolute atomic E-state index is 0.619. The molecule has 0 aliphatic rings. The summed E-state index contributed by atoms with van der Waals surface area (Å²) in [6.07, 6.45) is 1.99. The lowest BCUT2D eigenvalue weighted by Gasteiger charge is -2.25. The van der Waals surface area contributed by atoms with Crippen LogP contribution in [0, 0.1) is 0 Å². The zero-order valence-electron chi connectivity index (χ0n) is 19.3. The Bertz CT molecular complexity index is 982. The number of pyridine rings is 1. The third-order valence-corrected chi connectivity index (χ3v) is 7.10. The average Bonchev–Trinajstić information content (AvgIpc) is 2.67. The summed E-state index contributed by atoms with van der Waals surface area (Å²) in [5.41, 5.74) is 4.91. The van der Waals surface area contributed by atoms with Gasteiger partial charge in [-0.1, -0.05) is 95.0 Å². The van der Waals surface area contributed by atoms with E-state index >= 15 is 0 Å². The Balaban J connectivity index is 2.15. The molecule has 2 aromatic carbocycles. The van der Waals surface area contributed by atoms with Gasteiger partial charge >= 0.3 is 0 Å². The largest absolute Gasteiger partial charge is 0.256 e. The number of rotatable bonds is 5. The van der Waals surface area contributed by atoms with Crippen molar-refractivity contribution in [2.24, 2.45) is 0 Å². The second kappa shape index (κ2) is 7.81. The van der Waals surface area contributed by atoms with E-state index < -0.39 is 19.9 Å². The van der Waals surface area contributed by atoms with Crippen LogP contribution in [0.25, 0.3) is 11.3 Å². The summed E-state index contributed by atoms with van der Waals surface area (Å²) in [5, 5.41) is 1.23. The van der Waals surface area contributed by atoms with Crippen LogP contribution in [0.3, 0.4) is 0 Å². The molecule has 0 aliphatic heterocycles. The highest BCUT2D eigenvalue weighted by Gasteiger charge is 2.24. The molecule has 0 spiro atoms. The van der Waals surface area contributed by atoms with Gasteiger partial charge in [0.05, 0.1) is 13.8 Å². The van der Waals surface area contributed by atoms with Gasteiger partial charge in [0.25, 0.3) is 0 Å². The van der Waals surface area contributed by atoms with Gasteiger partial charge in [0.15, 0.2) is 0 Å². The standard InChI is InChI=1S/C25H31NSi/c1-18(2)20-12-14-22(15-13-20)24-16-23(25(17-26-24)27(4,5)6)19(3)21-10-8-7-9-11-21/h7-19H,1-6H3/i18D,19D. The molecule has 1 unspecified atom stereocenters. The van der Waals surface area contributed by atoms with Crippen LogP contribution >= 0.6 is 0 Å². The van der Waals surface area contributed by atoms with E-state index in [2.05, 4.69) is 25.7 Å². The van der Waals surface area contributed by atoms with Crippen LogP contribution in [-0.4, -0.2) is 13.1 Å². The van der Waals surface area contributed by atoms with Crippen molar-refractivity contribution >= 4 is 13.3 Å². The SMILES string of the molecule is [2H]C(C)(C)c1ccc(-c2cc(C([2H])(C)c3ccccc3)c([Si](C)(C)C)cn2)cc1. The van der Waals surface area contributed by atoms with E-state index in [1.54, 1.807) is 0 Å². The smallest absolute Gasteiger partial charge is 0.0800 e. The van der Waals surface area contributed by atoms with Gasteiger partial charge in [-0.2, -0.15) is 0 Å². The maximum atomic E-state index is 9.27. The molecule has 1 heterocycles. The number of aromatic nitrogens is 1. The van der Waals surface area contributed by atoms with Crippen molar-refractivity contribution in [1.82, 2.24) is 4.98 Å². The summed E-state index contributed by atoms with van der Waals surface area (Å²) in [6, 6.07) is 20.3. The van der Waals surface area contributed by atoms with Crippen molar-refractivity contribution < 1.29 is 2.74 Å². The van der Waals surface area contributed by atoms with Gasteiger partial charge in [0.1, 0.15) is 0 Å². The molecule has 0 aliphatic carbocycles. The van der Waals surface area contributed by atoms with Crippen molar-refractivity contribution in [2.75, 3.05) is 0 Å². The molecule has 140 valence electrons. The highest BCUT2D eigenvalue weighted by atomic mass is 28.3. The highest BCUT2D eigenvalue weighted by Crippen LogP contribution is 2.28. The van der Waals surface area contributed by atoms with E-state index in [0.717, 1.165) is 27.9 Å². The summed E-state index contributed by atoms with van der Waals surface area (Å²) >= 11 is 0. The van der Waals surface area contributed by atoms with Gasteiger partial charge in [-0.05, 0) is 33.8 Å². The molecule has 0 saturated carbocycles. The van der Waals surface area contributed by atoms with Crippen LogP contribution in [0.2, 0.25) is 19.6 Å². The molecule has 1 nitrogen and oxygen atoms in total. The number of nitrogens with zero attached hydrogens (tertiary/aromatic N) is 1. The first-order valence-corrected chi connectivity index (χ1v) is 13.1. The van der Waals surface area contributed by atoms with Gasteiger partial charge < -0.3 is 0 Å². The van der Waals surface area contributed by atoms with Gasteiger partial charge in [-0.25, -0.2) is 0 Å². The quantitative estimate of drug-likeness (QED) is 0.460. The first-order valence-electron chi connectivity index (χ1n) is 10.6. The van der Waals surface area contributed by atoms with E-state index in [1.165, 1.54) is 5.19 Å². The summed E-state index contributed by atoms with van der Waals surface area (Å²) in [4.78, 5) is 4.78. The van der Waals surface area contributed by atoms with Crippen molar-refractivity contribution in [1.29, 1.82) is 0 Å². The summed E-state index contributed by atoms with van der Waals surface area (Å²) in [7, 11) is -1.69. The molecule has 1 atom stereocenters. The van der Waals surface area contributed by atoms with Gasteiger partial charge in [0.2, 0.25) is 0 Å². The summed E-state index contributed by atoms with van der Waals surface area (Å²) in [5.74, 6) is -1.47. The fourth-order valence-corrected chi connectivity index (χ4v) is 4.86. The van der Waals surface area contributed by atoms with Crippen LogP contribution < -0.4 is 5.19 Å². The molecule has 1 aromatic heterocycles. The maximum Gasteiger partial charge on any atom is 0.0800 e. The van der Waals surface area contributed by atoms with Crippen molar-refractivity contribution in [3.63, 3.8) is 0 Å². The first kappa shape index (κ1) is 16.9. The Hall–Kier alpha value is -2.19. The first-order chi connectivity index (χ1) is 13.4. The molecular formula is C25H31NSi. The topological polar surface area (TPSA) is 12.9 Å². The van der Waals surface area contributed by atoms with E-state index in [4.69, 9.17) is 6.35 Å². The molecule has 3 aromatic rings. The van der Waals surface area contributed by atoms with Gasteiger partial charge in [-0.3, -0.25) is 4.98 Å². The van der Waals surface area contributed by atoms with Crippen LogP contribution in [-0.2, 0) is 0 Å². The van der Waals surface area contributed by atoms with Crippen LogP contribution in [0.4, 0.5) is 0 Å².